The maximum atomic E-state index is 11.1. The molecular weight excluding hydrogens is 190 g/mol. The van der Waals surface area contributed by atoms with E-state index in [1.165, 1.54) is 11.9 Å². The summed E-state index contributed by atoms with van der Waals surface area (Å²) in [5, 5.41) is 17.5. The lowest BCUT2D eigenvalue weighted by atomic mass is 9.95. The first-order valence-electron chi connectivity index (χ1n) is 4.12. The first-order chi connectivity index (χ1) is 6.43. The Morgan fingerprint density at radius 3 is 1.86 bits per heavy atom. The number of nitrogens with zero attached hydrogens (tertiary/aromatic N) is 1. The van der Waals surface area contributed by atoms with E-state index in [0.29, 0.717) is 0 Å². The molecule has 1 saturated heterocycles. The summed E-state index contributed by atoms with van der Waals surface area (Å²) in [6.45, 7) is 0. The Morgan fingerprint density at radius 2 is 1.57 bits per heavy atom. The van der Waals surface area contributed by atoms with Crippen molar-refractivity contribution in [1.82, 2.24) is 4.90 Å². The number of carboxylic acids is 2. The van der Waals surface area contributed by atoms with Crippen LogP contribution in [0.3, 0.4) is 0 Å². The summed E-state index contributed by atoms with van der Waals surface area (Å²) in [6.07, 6.45) is -0.231. The van der Waals surface area contributed by atoms with E-state index in [2.05, 4.69) is 0 Å². The fourth-order valence-corrected chi connectivity index (χ4v) is 1.54. The zero-order chi connectivity index (χ0) is 10.9. The van der Waals surface area contributed by atoms with Crippen LogP contribution in [0.25, 0.3) is 0 Å². The van der Waals surface area contributed by atoms with E-state index >= 15 is 0 Å². The Hall–Kier alpha value is -1.43. The second kappa shape index (κ2) is 3.75. The number of hydrogen-bond donors (Lipinski definition) is 2. The van der Waals surface area contributed by atoms with Crippen LogP contribution in [-0.2, 0) is 14.4 Å². The van der Waals surface area contributed by atoms with Crippen LogP contribution in [0.5, 0.6) is 0 Å². The molecule has 0 radical (unpaired) electrons. The van der Waals surface area contributed by atoms with Gasteiger partial charge in [-0.2, -0.15) is 0 Å². The average Bonchev–Trinajstić information content (AvgIpc) is 2.07. The molecule has 78 valence electrons. The number of piperidine rings is 1. The van der Waals surface area contributed by atoms with E-state index in [1.807, 2.05) is 0 Å². The number of carboxylic acid groups (broad SMARTS) is 2. The van der Waals surface area contributed by atoms with Crippen LogP contribution in [0.15, 0.2) is 0 Å². The Kier molecular flexibility index (Phi) is 2.85. The molecule has 1 fully saturated rings. The van der Waals surface area contributed by atoms with Crippen molar-refractivity contribution in [3.8, 4) is 0 Å². The lowest BCUT2D eigenvalue weighted by Gasteiger charge is -2.33. The second-order valence-electron chi connectivity index (χ2n) is 3.32. The van der Waals surface area contributed by atoms with Gasteiger partial charge in [0.25, 0.3) is 0 Å². The average molecular weight is 201 g/mol. The lowest BCUT2D eigenvalue weighted by Crippen LogP contribution is -2.53. The first kappa shape index (κ1) is 10.6. The van der Waals surface area contributed by atoms with Gasteiger partial charge in [0.15, 0.2) is 0 Å². The largest absolute Gasteiger partial charge is 0.480 e. The zero-order valence-corrected chi connectivity index (χ0v) is 7.64. The van der Waals surface area contributed by atoms with Crippen LogP contribution in [0.1, 0.15) is 12.8 Å². The molecule has 2 N–H and O–H groups in total. The number of carbonyl (C=O) groups excluding carboxylic acids is 1. The number of Topliss-reactive ketones (excluding diaryl/α,β-unsaturated/α-hetero) is 1. The van der Waals surface area contributed by atoms with Gasteiger partial charge >= 0.3 is 11.9 Å². The Bertz CT molecular complexity index is 261. The molecule has 0 aliphatic carbocycles. The summed E-state index contributed by atoms with van der Waals surface area (Å²) in [5.41, 5.74) is 0. The highest BCUT2D eigenvalue weighted by molar-refractivity contribution is 5.92. The molecule has 1 rings (SSSR count). The Morgan fingerprint density at radius 1 is 1.21 bits per heavy atom. The summed E-state index contributed by atoms with van der Waals surface area (Å²) in [7, 11) is 1.41. The third kappa shape index (κ3) is 1.90. The van der Waals surface area contributed by atoms with Crippen molar-refractivity contribution in [3.05, 3.63) is 0 Å². The first-order valence-corrected chi connectivity index (χ1v) is 4.12. The van der Waals surface area contributed by atoms with Gasteiger partial charge < -0.3 is 10.2 Å². The van der Waals surface area contributed by atoms with Gasteiger partial charge in [-0.25, -0.2) is 0 Å². The van der Waals surface area contributed by atoms with Gasteiger partial charge in [0.2, 0.25) is 0 Å². The minimum Gasteiger partial charge on any atom is -0.480 e. The van der Waals surface area contributed by atoms with E-state index in [0.717, 1.165) is 0 Å². The predicted octanol–water partition coefficient (Wildman–Crippen LogP) is -0.812. The number of hydrogen-bond acceptors (Lipinski definition) is 4. The SMILES string of the molecule is CN1C(C(=O)O)CC(=O)CC1C(=O)O. The third-order valence-corrected chi connectivity index (χ3v) is 2.40. The molecular formula is C8H11NO5. The van der Waals surface area contributed by atoms with Crippen LogP contribution in [-0.4, -0.2) is 52.0 Å². The van der Waals surface area contributed by atoms with E-state index < -0.39 is 24.0 Å². The summed E-state index contributed by atoms with van der Waals surface area (Å²) >= 11 is 0. The smallest absolute Gasteiger partial charge is 0.321 e. The fourth-order valence-electron chi connectivity index (χ4n) is 1.54. The molecule has 14 heavy (non-hydrogen) atoms. The standard InChI is InChI=1S/C8H11NO5/c1-9-5(7(11)12)2-4(10)3-6(9)8(13)14/h5-6H,2-3H2,1H3,(H,11,12)(H,13,14). The molecule has 0 saturated carbocycles. The Labute approximate surface area is 80.1 Å². The van der Waals surface area contributed by atoms with E-state index in [9.17, 15) is 14.4 Å². The predicted molar refractivity (Wildman–Crippen MR) is 44.9 cm³/mol. The van der Waals surface area contributed by atoms with Gasteiger partial charge in [-0.15, -0.1) is 0 Å². The van der Waals surface area contributed by atoms with Crippen molar-refractivity contribution in [2.24, 2.45) is 0 Å². The number of likely N-dealkylation sites (N-methyl/N-ethyl adjacent to an activating group) is 1. The molecule has 2 atom stereocenters. The van der Waals surface area contributed by atoms with Crippen molar-refractivity contribution in [3.63, 3.8) is 0 Å². The van der Waals surface area contributed by atoms with Gasteiger partial charge in [0.05, 0.1) is 0 Å². The number of ketones is 1. The highest BCUT2D eigenvalue weighted by atomic mass is 16.4. The molecule has 6 heteroatoms. The van der Waals surface area contributed by atoms with Gasteiger partial charge in [0, 0.05) is 12.8 Å². The van der Waals surface area contributed by atoms with Crippen molar-refractivity contribution < 1.29 is 24.6 Å². The highest BCUT2D eigenvalue weighted by Gasteiger charge is 2.39. The highest BCUT2D eigenvalue weighted by Crippen LogP contribution is 2.19. The molecule has 1 heterocycles. The maximum Gasteiger partial charge on any atom is 0.321 e. The molecule has 2 unspecified atom stereocenters. The van der Waals surface area contributed by atoms with Crippen molar-refractivity contribution >= 4 is 17.7 Å². The van der Waals surface area contributed by atoms with Crippen molar-refractivity contribution in [2.75, 3.05) is 7.05 Å². The number of carbonyl (C=O) groups is 3. The molecule has 0 aromatic heterocycles. The van der Waals surface area contributed by atoms with Crippen molar-refractivity contribution in [1.29, 1.82) is 0 Å². The maximum absolute atomic E-state index is 11.1. The van der Waals surface area contributed by atoms with Crippen LogP contribution < -0.4 is 0 Å². The summed E-state index contributed by atoms with van der Waals surface area (Å²) in [5.74, 6) is -2.64. The van der Waals surface area contributed by atoms with Crippen LogP contribution in [0, 0.1) is 0 Å². The molecule has 0 aromatic rings. The van der Waals surface area contributed by atoms with Crippen LogP contribution in [0.4, 0.5) is 0 Å². The molecule has 0 bridgehead atoms. The van der Waals surface area contributed by atoms with Gasteiger partial charge in [0.1, 0.15) is 17.9 Å². The minimum atomic E-state index is -1.16. The molecule has 1 aliphatic heterocycles. The van der Waals surface area contributed by atoms with Crippen molar-refractivity contribution in [2.45, 2.75) is 24.9 Å². The zero-order valence-electron chi connectivity index (χ0n) is 7.64. The minimum absolute atomic E-state index is 0.115. The molecule has 1 aliphatic rings. The summed E-state index contributed by atoms with van der Waals surface area (Å²) < 4.78 is 0. The quantitative estimate of drug-likeness (QED) is 0.606. The topological polar surface area (TPSA) is 94.9 Å². The monoisotopic (exact) mass is 201 g/mol. The third-order valence-electron chi connectivity index (χ3n) is 2.40. The van der Waals surface area contributed by atoms with E-state index in [1.54, 1.807) is 0 Å². The van der Waals surface area contributed by atoms with Gasteiger partial charge in [-0.05, 0) is 7.05 Å². The van der Waals surface area contributed by atoms with Gasteiger partial charge in [-0.1, -0.05) is 0 Å². The fraction of sp³-hybridized carbons (Fsp3) is 0.625. The molecule has 6 nitrogen and oxygen atoms in total. The molecule has 0 spiro atoms. The van der Waals surface area contributed by atoms with Gasteiger partial charge in [-0.3, -0.25) is 19.3 Å². The number of aliphatic carboxylic acids is 2. The lowest BCUT2D eigenvalue weighted by molar-refractivity contribution is -0.156. The van der Waals surface area contributed by atoms with Crippen LogP contribution in [0.2, 0.25) is 0 Å². The number of rotatable bonds is 2. The number of likely N-dealkylation sites (tertiary alicyclic amines) is 1. The van der Waals surface area contributed by atoms with Crippen LogP contribution >= 0.6 is 0 Å². The van der Waals surface area contributed by atoms with E-state index in [4.69, 9.17) is 10.2 Å². The molecule has 0 aromatic carbocycles. The van der Waals surface area contributed by atoms with E-state index in [-0.39, 0.29) is 18.6 Å². The second-order valence-corrected chi connectivity index (χ2v) is 3.32. The Balaban J connectivity index is 2.86. The molecule has 0 amide bonds. The normalized spacial score (nSPS) is 28.8. The summed E-state index contributed by atoms with van der Waals surface area (Å²) in [4.78, 5) is 33.7. The summed E-state index contributed by atoms with van der Waals surface area (Å²) in [6, 6.07) is -2.03.